The van der Waals surface area contributed by atoms with Crippen LogP contribution in [0.2, 0.25) is 0 Å². The number of carbonyl (C=O) groups is 1. The molecule has 5 N–H and O–H groups in total. The van der Waals surface area contributed by atoms with Gasteiger partial charge in [-0.2, -0.15) is 0 Å². The lowest BCUT2D eigenvalue weighted by atomic mass is 9.88. The Kier molecular flexibility index (Phi) is 3.44. The number of aliphatic hydroxyl groups excluding tert-OH is 2. The van der Waals surface area contributed by atoms with Crippen molar-refractivity contribution in [1.82, 2.24) is 0 Å². The Hall–Kier alpha value is -0.650. The highest BCUT2D eigenvalue weighted by atomic mass is 16.4. The summed E-state index contributed by atoms with van der Waals surface area (Å²) in [5.74, 6) is -1.03. The number of nitrogens with two attached hydrogens (primary N) is 1. The van der Waals surface area contributed by atoms with Gasteiger partial charge in [0, 0.05) is 11.8 Å². The van der Waals surface area contributed by atoms with Gasteiger partial charge in [0.1, 0.15) is 0 Å². The lowest BCUT2D eigenvalue weighted by molar-refractivity contribution is -0.139. The Morgan fingerprint density at radius 3 is 2.47 bits per heavy atom. The maximum atomic E-state index is 10.5. The zero-order chi connectivity index (χ0) is 14.5. The van der Waals surface area contributed by atoms with E-state index in [0.29, 0.717) is 6.54 Å². The molecule has 0 aromatic heterocycles. The van der Waals surface area contributed by atoms with Crippen LogP contribution in [0.15, 0.2) is 0 Å². The lowest BCUT2D eigenvalue weighted by Gasteiger charge is -2.23. The summed E-state index contributed by atoms with van der Waals surface area (Å²) in [5, 5.41) is 28.6. The minimum absolute atomic E-state index is 0.142. The number of hydrogen-bond acceptors (Lipinski definition) is 4. The van der Waals surface area contributed by atoms with E-state index in [1.807, 2.05) is 6.92 Å². The van der Waals surface area contributed by atoms with Gasteiger partial charge in [-0.05, 0) is 36.6 Å². The van der Waals surface area contributed by atoms with E-state index in [2.05, 4.69) is 6.92 Å². The van der Waals surface area contributed by atoms with Crippen LogP contribution in [0, 0.1) is 16.2 Å². The second kappa shape index (κ2) is 4.43. The van der Waals surface area contributed by atoms with E-state index >= 15 is 0 Å². The van der Waals surface area contributed by atoms with Gasteiger partial charge >= 0.3 is 5.97 Å². The molecule has 110 valence electrons. The first-order valence-corrected chi connectivity index (χ1v) is 6.99. The van der Waals surface area contributed by atoms with Crippen molar-refractivity contribution in [2.75, 3.05) is 6.54 Å². The maximum absolute atomic E-state index is 10.5. The topological polar surface area (TPSA) is 104 Å². The van der Waals surface area contributed by atoms with E-state index in [1.54, 1.807) is 0 Å². The Balaban J connectivity index is 1.92. The fourth-order valence-electron chi connectivity index (χ4n) is 4.26. The molecule has 5 heteroatoms. The van der Waals surface area contributed by atoms with Crippen molar-refractivity contribution in [3.05, 3.63) is 0 Å². The average molecular weight is 271 g/mol. The molecule has 0 amide bonds. The number of hydrogen-bond donors (Lipinski definition) is 4. The normalized spacial score (nSPS) is 43.0. The summed E-state index contributed by atoms with van der Waals surface area (Å²) in [7, 11) is 0. The largest absolute Gasteiger partial charge is 0.481 e. The van der Waals surface area contributed by atoms with Gasteiger partial charge in [-0.1, -0.05) is 13.8 Å². The van der Waals surface area contributed by atoms with E-state index < -0.39 is 18.2 Å². The van der Waals surface area contributed by atoms with Crippen LogP contribution in [-0.2, 0) is 4.79 Å². The minimum atomic E-state index is -1.03. The van der Waals surface area contributed by atoms with Crippen LogP contribution in [-0.4, -0.2) is 40.0 Å². The van der Waals surface area contributed by atoms with Crippen molar-refractivity contribution < 1.29 is 20.1 Å². The van der Waals surface area contributed by atoms with Gasteiger partial charge in [-0.15, -0.1) is 0 Å². The molecule has 1 spiro atoms. The van der Waals surface area contributed by atoms with Crippen molar-refractivity contribution in [2.45, 2.75) is 58.2 Å². The monoisotopic (exact) mass is 271 g/mol. The molecule has 0 aromatic carbocycles. The predicted octanol–water partition coefficient (Wildman–Crippen LogP) is 0.728. The van der Waals surface area contributed by atoms with Crippen LogP contribution in [0.3, 0.4) is 0 Å². The molecule has 2 rings (SSSR count). The van der Waals surface area contributed by atoms with Gasteiger partial charge in [0.2, 0.25) is 0 Å². The number of carboxylic acids is 1. The molecule has 5 atom stereocenters. The third-order valence-electron chi connectivity index (χ3n) is 5.70. The third-order valence-corrected chi connectivity index (χ3v) is 5.70. The highest BCUT2D eigenvalue weighted by molar-refractivity contribution is 5.67. The first-order chi connectivity index (χ1) is 8.71. The first-order valence-electron chi connectivity index (χ1n) is 6.99. The number of aliphatic hydroxyl groups is 2. The van der Waals surface area contributed by atoms with Crippen LogP contribution in [0.25, 0.3) is 0 Å². The summed E-state index contributed by atoms with van der Waals surface area (Å²) < 4.78 is 0. The van der Waals surface area contributed by atoms with Gasteiger partial charge in [0.05, 0.1) is 18.6 Å². The molecule has 2 saturated carbocycles. The van der Waals surface area contributed by atoms with Crippen molar-refractivity contribution in [1.29, 1.82) is 0 Å². The molecule has 0 aliphatic heterocycles. The van der Waals surface area contributed by atoms with Crippen LogP contribution in [0.1, 0.15) is 46.0 Å². The van der Waals surface area contributed by atoms with E-state index in [-0.39, 0.29) is 29.1 Å². The van der Waals surface area contributed by atoms with Gasteiger partial charge in [-0.3, -0.25) is 4.79 Å². The highest BCUT2D eigenvalue weighted by Crippen LogP contribution is 2.89. The zero-order valence-electron chi connectivity index (χ0n) is 11.7. The second-order valence-electron chi connectivity index (χ2n) is 6.96. The van der Waals surface area contributed by atoms with Crippen LogP contribution in [0.5, 0.6) is 0 Å². The van der Waals surface area contributed by atoms with Crippen molar-refractivity contribution in [3.63, 3.8) is 0 Å². The number of rotatable bonds is 7. The van der Waals surface area contributed by atoms with E-state index in [9.17, 15) is 15.0 Å². The van der Waals surface area contributed by atoms with Gasteiger partial charge in [-0.25, -0.2) is 0 Å². The zero-order valence-corrected chi connectivity index (χ0v) is 11.7. The fourth-order valence-corrected chi connectivity index (χ4v) is 4.26. The fraction of sp³-hybridized carbons (Fsp3) is 0.929. The molecule has 0 heterocycles. The Labute approximate surface area is 113 Å². The molecule has 0 saturated heterocycles. The second-order valence-corrected chi connectivity index (χ2v) is 6.96. The molecule has 19 heavy (non-hydrogen) atoms. The third kappa shape index (κ3) is 2.18. The summed E-state index contributed by atoms with van der Waals surface area (Å²) in [6.07, 6.45) is 1.23. The molecule has 0 bridgehead atoms. The average Bonchev–Trinajstić information content (AvgIpc) is 3.03. The summed E-state index contributed by atoms with van der Waals surface area (Å²) >= 11 is 0. The molecule has 3 unspecified atom stereocenters. The Bertz CT molecular complexity index is 388. The molecular formula is C14H25NO4. The Morgan fingerprint density at radius 2 is 1.95 bits per heavy atom. The van der Waals surface area contributed by atoms with E-state index in [1.165, 1.54) is 0 Å². The Morgan fingerprint density at radius 1 is 1.32 bits per heavy atom. The van der Waals surface area contributed by atoms with Crippen LogP contribution in [0.4, 0.5) is 0 Å². The molecule has 0 aromatic rings. The van der Waals surface area contributed by atoms with Gasteiger partial charge in [0.25, 0.3) is 0 Å². The van der Waals surface area contributed by atoms with E-state index in [0.717, 1.165) is 19.3 Å². The van der Waals surface area contributed by atoms with Gasteiger partial charge < -0.3 is 21.1 Å². The highest BCUT2D eigenvalue weighted by Gasteiger charge is 2.83. The SMILES string of the molecule is CC1(CCN)CC12CC2(C)[C@@H](O)C[C@@H](O)CC(=O)O. The summed E-state index contributed by atoms with van der Waals surface area (Å²) in [6.45, 7) is 4.92. The molecule has 2 aliphatic rings. The molecular weight excluding hydrogens is 246 g/mol. The van der Waals surface area contributed by atoms with Crippen molar-refractivity contribution in [2.24, 2.45) is 22.0 Å². The molecule has 2 fully saturated rings. The maximum Gasteiger partial charge on any atom is 0.305 e. The van der Waals surface area contributed by atoms with E-state index in [4.69, 9.17) is 10.8 Å². The standard InChI is InChI=1S/C14H25NO4/c1-12(3-4-15)7-14(12)8-13(14,2)10(17)5-9(16)6-11(18)19/h9-10,16-17H,3-8,15H2,1-2H3,(H,18,19)/t9-,10+,12?,13?,14?/m1/s1. The molecule has 2 aliphatic carbocycles. The van der Waals surface area contributed by atoms with Crippen molar-refractivity contribution >= 4 is 5.97 Å². The smallest absolute Gasteiger partial charge is 0.305 e. The summed E-state index contributed by atoms with van der Waals surface area (Å²) in [6, 6.07) is 0. The lowest BCUT2D eigenvalue weighted by Crippen LogP contribution is -2.29. The quantitative estimate of drug-likeness (QED) is 0.546. The van der Waals surface area contributed by atoms with Gasteiger partial charge in [0.15, 0.2) is 0 Å². The minimum Gasteiger partial charge on any atom is -0.481 e. The van der Waals surface area contributed by atoms with Crippen LogP contribution >= 0.6 is 0 Å². The van der Waals surface area contributed by atoms with Crippen LogP contribution < -0.4 is 5.73 Å². The number of aliphatic carboxylic acids is 1. The summed E-state index contributed by atoms with van der Waals surface area (Å²) in [5.41, 5.74) is 5.84. The van der Waals surface area contributed by atoms with Crippen molar-refractivity contribution in [3.8, 4) is 0 Å². The number of carboxylic acid groups (broad SMARTS) is 1. The molecule has 5 nitrogen and oxygen atoms in total. The molecule has 0 radical (unpaired) electrons. The first kappa shape index (κ1) is 14.8. The predicted molar refractivity (Wildman–Crippen MR) is 70.4 cm³/mol. The summed E-state index contributed by atoms with van der Waals surface area (Å²) in [4.78, 5) is 10.5.